The molecule has 0 unspecified atom stereocenters. The number of hydrogen-bond acceptors (Lipinski definition) is 6. The molecule has 0 aromatic heterocycles. The van der Waals surface area contributed by atoms with Crippen LogP contribution in [0.1, 0.15) is 13.3 Å². The first-order chi connectivity index (χ1) is 7.86. The molecule has 86 valence electrons. The molecule has 0 aromatic carbocycles. The van der Waals surface area contributed by atoms with E-state index in [9.17, 15) is 0 Å². The maximum Gasteiger partial charge on any atom is 0.0717 e. The van der Waals surface area contributed by atoms with E-state index in [1.807, 2.05) is 47.0 Å². The highest BCUT2D eigenvalue weighted by molar-refractivity contribution is 8.43. The lowest BCUT2D eigenvalue weighted by Crippen LogP contribution is -2.07. The minimum Gasteiger partial charge on any atom is -0.116 e. The van der Waals surface area contributed by atoms with E-state index in [1.165, 1.54) is 20.6 Å². The smallest absolute Gasteiger partial charge is 0.0717 e. The molecule has 0 radical (unpaired) electrons. The Labute approximate surface area is 122 Å². The van der Waals surface area contributed by atoms with Gasteiger partial charge >= 0.3 is 0 Å². The molecular formula is C10H10S6. The van der Waals surface area contributed by atoms with E-state index in [2.05, 4.69) is 41.3 Å². The zero-order valence-corrected chi connectivity index (χ0v) is 13.5. The molecule has 0 bridgehead atoms. The second kappa shape index (κ2) is 5.53. The van der Waals surface area contributed by atoms with Gasteiger partial charge in [0.2, 0.25) is 0 Å². The Kier molecular flexibility index (Phi) is 4.27. The van der Waals surface area contributed by atoms with E-state index >= 15 is 0 Å². The topological polar surface area (TPSA) is 0 Å². The van der Waals surface area contributed by atoms with Gasteiger partial charge in [0.1, 0.15) is 0 Å². The minimum absolute atomic E-state index is 0.822. The molecule has 0 saturated carbocycles. The summed E-state index contributed by atoms with van der Waals surface area (Å²) in [7, 11) is 0. The maximum atomic E-state index is 2.29. The van der Waals surface area contributed by atoms with Crippen LogP contribution in [0.5, 0.6) is 0 Å². The van der Waals surface area contributed by atoms with Gasteiger partial charge in [0.15, 0.2) is 0 Å². The van der Waals surface area contributed by atoms with Crippen LogP contribution < -0.4 is 0 Å². The average Bonchev–Trinajstić information content (AvgIpc) is 2.96. The fraction of sp³-hybridized carbons (Fsp3) is 0.400. The molecule has 0 aromatic rings. The highest BCUT2D eigenvalue weighted by Gasteiger charge is 2.31. The Hall–Kier alpha value is 1.32. The van der Waals surface area contributed by atoms with Gasteiger partial charge in [-0.15, -0.1) is 23.5 Å². The van der Waals surface area contributed by atoms with Gasteiger partial charge in [0.05, 0.1) is 16.9 Å². The van der Waals surface area contributed by atoms with Crippen molar-refractivity contribution in [2.45, 2.75) is 18.6 Å². The SMILES string of the molecule is CC[C@H]1CSC2=C(SC(=C3SC=CS3)S2)S1. The van der Waals surface area contributed by atoms with Crippen molar-refractivity contribution in [2.24, 2.45) is 0 Å². The first kappa shape index (κ1) is 12.4. The van der Waals surface area contributed by atoms with Crippen LogP contribution in [0.25, 0.3) is 0 Å². The maximum absolute atomic E-state index is 2.29. The van der Waals surface area contributed by atoms with Crippen LogP contribution >= 0.6 is 70.6 Å². The van der Waals surface area contributed by atoms with Crippen molar-refractivity contribution in [3.63, 3.8) is 0 Å². The molecule has 0 amide bonds. The van der Waals surface area contributed by atoms with E-state index in [-0.39, 0.29) is 0 Å². The summed E-state index contributed by atoms with van der Waals surface area (Å²) in [5.74, 6) is 1.29. The Morgan fingerprint density at radius 3 is 2.56 bits per heavy atom. The van der Waals surface area contributed by atoms with Gasteiger partial charge in [-0.1, -0.05) is 54.0 Å². The molecule has 3 rings (SSSR count). The monoisotopic (exact) mass is 322 g/mol. The van der Waals surface area contributed by atoms with Crippen LogP contribution in [0.15, 0.2) is 27.8 Å². The molecule has 0 nitrogen and oxygen atoms in total. The molecule has 3 aliphatic rings. The Morgan fingerprint density at radius 1 is 1.06 bits per heavy atom. The third-order valence-electron chi connectivity index (χ3n) is 2.24. The summed E-state index contributed by atoms with van der Waals surface area (Å²) in [6.45, 7) is 2.29. The fourth-order valence-electron chi connectivity index (χ4n) is 1.37. The van der Waals surface area contributed by atoms with Gasteiger partial charge in [-0.2, -0.15) is 0 Å². The van der Waals surface area contributed by atoms with Gasteiger partial charge in [-0.05, 0) is 17.2 Å². The summed E-state index contributed by atoms with van der Waals surface area (Å²) >= 11 is 11.9. The normalized spacial score (nSPS) is 29.2. The van der Waals surface area contributed by atoms with Crippen molar-refractivity contribution in [3.8, 4) is 0 Å². The molecular weight excluding hydrogens is 313 g/mol. The van der Waals surface area contributed by atoms with E-state index < -0.39 is 0 Å². The summed E-state index contributed by atoms with van der Waals surface area (Å²) in [4.78, 5) is 0. The predicted octanol–water partition coefficient (Wildman–Crippen LogP) is 5.93. The van der Waals surface area contributed by atoms with Crippen molar-refractivity contribution >= 4 is 70.6 Å². The summed E-state index contributed by atoms with van der Waals surface area (Å²) in [5, 5.41) is 5.18. The summed E-state index contributed by atoms with van der Waals surface area (Å²) in [5.41, 5.74) is 0. The molecule has 0 saturated heterocycles. The lowest BCUT2D eigenvalue weighted by molar-refractivity contribution is 0.920. The second-order valence-electron chi connectivity index (χ2n) is 3.32. The van der Waals surface area contributed by atoms with Gasteiger partial charge < -0.3 is 0 Å². The van der Waals surface area contributed by atoms with Gasteiger partial charge in [0, 0.05) is 11.0 Å². The molecule has 16 heavy (non-hydrogen) atoms. The summed E-state index contributed by atoms with van der Waals surface area (Å²) < 4.78 is 6.08. The van der Waals surface area contributed by atoms with E-state index in [0.29, 0.717) is 0 Å². The average molecular weight is 323 g/mol. The van der Waals surface area contributed by atoms with E-state index in [4.69, 9.17) is 0 Å². The van der Waals surface area contributed by atoms with Crippen LogP contribution in [0.3, 0.4) is 0 Å². The minimum atomic E-state index is 0.822. The predicted molar refractivity (Wildman–Crippen MR) is 87.7 cm³/mol. The standard InChI is InChI=1S/C10H10S6/c1-2-6-5-13-8-10(14-6)16-9(15-8)7-11-3-4-12-7/h3-4,6H,2,5H2,1H3/t6-/m0/s1. The van der Waals surface area contributed by atoms with Gasteiger partial charge in [-0.3, -0.25) is 0 Å². The van der Waals surface area contributed by atoms with E-state index in [1.54, 1.807) is 8.47 Å². The summed E-state index contributed by atoms with van der Waals surface area (Å²) in [6, 6.07) is 0. The fourth-order valence-corrected chi connectivity index (χ4v) is 9.96. The molecule has 0 fully saturated rings. The van der Waals surface area contributed by atoms with Crippen LogP contribution in [0.4, 0.5) is 0 Å². The second-order valence-corrected chi connectivity index (χ2v) is 10.6. The highest BCUT2D eigenvalue weighted by Crippen LogP contribution is 2.64. The zero-order valence-electron chi connectivity index (χ0n) is 8.60. The van der Waals surface area contributed by atoms with Crippen molar-refractivity contribution in [1.29, 1.82) is 0 Å². The molecule has 0 aliphatic carbocycles. The van der Waals surface area contributed by atoms with E-state index in [0.717, 1.165) is 5.25 Å². The first-order valence-electron chi connectivity index (χ1n) is 4.99. The molecule has 0 spiro atoms. The Balaban J connectivity index is 1.74. The molecule has 0 N–H and O–H groups in total. The number of rotatable bonds is 1. The lowest BCUT2D eigenvalue weighted by Gasteiger charge is -2.19. The molecule has 1 atom stereocenters. The van der Waals surface area contributed by atoms with Crippen molar-refractivity contribution in [3.05, 3.63) is 27.8 Å². The van der Waals surface area contributed by atoms with Gasteiger partial charge in [-0.25, -0.2) is 0 Å². The van der Waals surface area contributed by atoms with Crippen LogP contribution in [-0.2, 0) is 0 Å². The first-order valence-corrected chi connectivity index (χ1v) is 10.2. The molecule has 6 heteroatoms. The Bertz CT molecular complexity index is 384. The van der Waals surface area contributed by atoms with Crippen molar-refractivity contribution in [2.75, 3.05) is 5.75 Å². The molecule has 3 aliphatic heterocycles. The number of hydrogen-bond donors (Lipinski definition) is 0. The van der Waals surface area contributed by atoms with Crippen LogP contribution in [0, 0.1) is 0 Å². The van der Waals surface area contributed by atoms with Gasteiger partial charge in [0.25, 0.3) is 0 Å². The quantitative estimate of drug-likeness (QED) is 0.582. The zero-order chi connectivity index (χ0) is 11.0. The third-order valence-corrected chi connectivity index (χ3v) is 11.1. The molecule has 3 heterocycles. The summed E-state index contributed by atoms with van der Waals surface area (Å²) in [6.07, 6.45) is 1.29. The van der Waals surface area contributed by atoms with Crippen molar-refractivity contribution in [1.82, 2.24) is 0 Å². The lowest BCUT2D eigenvalue weighted by atomic mass is 10.4. The Morgan fingerprint density at radius 2 is 1.81 bits per heavy atom. The third kappa shape index (κ3) is 2.52. The largest absolute Gasteiger partial charge is 0.116 e. The highest BCUT2D eigenvalue weighted by atomic mass is 32.3. The number of thioether (sulfide) groups is 6. The van der Waals surface area contributed by atoms with Crippen LogP contribution in [-0.4, -0.2) is 11.0 Å². The van der Waals surface area contributed by atoms with Crippen LogP contribution in [0.2, 0.25) is 0 Å². The van der Waals surface area contributed by atoms with Crippen molar-refractivity contribution < 1.29 is 0 Å².